The van der Waals surface area contributed by atoms with Gasteiger partial charge in [-0.2, -0.15) is 0 Å². The molecule has 0 aliphatic carbocycles. The van der Waals surface area contributed by atoms with Gasteiger partial charge in [-0.3, -0.25) is 4.79 Å². The Hall–Kier alpha value is -2.43. The number of rotatable bonds is 8. The number of nitrogens with two attached hydrogens (primary N) is 1. The van der Waals surface area contributed by atoms with E-state index >= 15 is 0 Å². The lowest BCUT2D eigenvalue weighted by atomic mass is 10.0. The molecular weight excluding hydrogens is 322 g/mol. The van der Waals surface area contributed by atoms with Gasteiger partial charge >= 0.3 is 0 Å². The Bertz CT molecular complexity index is 881. The van der Waals surface area contributed by atoms with Crippen LogP contribution in [0.1, 0.15) is 16.8 Å². The number of carbonyl (C=O) groups excluding carboxylic acids is 1. The van der Waals surface area contributed by atoms with Gasteiger partial charge in [0.15, 0.2) is 0 Å². The quantitative estimate of drug-likeness (QED) is 0.464. The fraction of sp³-hybridized carbons (Fsp3) is 0.318. The molecule has 0 fully saturated rings. The van der Waals surface area contributed by atoms with Crippen molar-refractivity contribution < 1.29 is 15.0 Å². The standard InChI is InChI=1S/C22H27N3O/c1-24(2)15-9-14-23-16-20(26)21-18-12-7-8-13-19(18)25(3)22(21)17-10-5-4-6-11-17/h4-8,10-13,23H,9,14-16H2,1-3H3/p+2. The van der Waals surface area contributed by atoms with E-state index in [4.69, 9.17) is 0 Å². The first kappa shape index (κ1) is 18.4. The number of carbonyl (C=O) groups is 1. The molecule has 3 aromatic rings. The summed E-state index contributed by atoms with van der Waals surface area (Å²) >= 11 is 0. The summed E-state index contributed by atoms with van der Waals surface area (Å²) in [6, 6.07) is 18.4. The fourth-order valence-corrected chi connectivity index (χ4v) is 3.54. The molecule has 0 aliphatic rings. The Morgan fingerprint density at radius 3 is 2.46 bits per heavy atom. The van der Waals surface area contributed by atoms with Gasteiger partial charge in [-0.25, -0.2) is 0 Å². The predicted octanol–water partition coefficient (Wildman–Crippen LogP) is 1.13. The van der Waals surface area contributed by atoms with Gasteiger partial charge in [-0.1, -0.05) is 48.5 Å². The van der Waals surface area contributed by atoms with Crippen LogP contribution in [0.2, 0.25) is 0 Å². The minimum absolute atomic E-state index is 0.206. The predicted molar refractivity (Wildman–Crippen MR) is 107 cm³/mol. The maximum absolute atomic E-state index is 13.1. The average Bonchev–Trinajstić information content (AvgIpc) is 2.95. The van der Waals surface area contributed by atoms with E-state index in [0.29, 0.717) is 6.54 Å². The molecule has 26 heavy (non-hydrogen) atoms. The number of Topliss-reactive ketones (excluding diaryl/α,β-unsaturated/α-hetero) is 1. The molecule has 136 valence electrons. The number of ketones is 1. The lowest BCUT2D eigenvalue weighted by Gasteiger charge is -2.08. The molecule has 0 aliphatic heterocycles. The number of para-hydroxylation sites is 1. The summed E-state index contributed by atoms with van der Waals surface area (Å²) in [6.07, 6.45) is 1.12. The van der Waals surface area contributed by atoms with Crippen LogP contribution in [0.25, 0.3) is 22.2 Å². The lowest BCUT2D eigenvalue weighted by molar-refractivity contribution is -0.860. The molecule has 3 rings (SSSR count). The lowest BCUT2D eigenvalue weighted by Crippen LogP contribution is -3.06. The molecule has 0 bridgehead atoms. The van der Waals surface area contributed by atoms with Crippen LogP contribution in [0, 0.1) is 0 Å². The number of hydrogen-bond acceptors (Lipinski definition) is 1. The monoisotopic (exact) mass is 351 g/mol. The third kappa shape index (κ3) is 3.87. The van der Waals surface area contributed by atoms with Crippen LogP contribution in [0.15, 0.2) is 54.6 Å². The molecule has 2 aromatic carbocycles. The summed E-state index contributed by atoms with van der Waals surface area (Å²) in [4.78, 5) is 14.6. The van der Waals surface area contributed by atoms with E-state index < -0.39 is 0 Å². The van der Waals surface area contributed by atoms with Crippen molar-refractivity contribution in [2.45, 2.75) is 6.42 Å². The largest absolute Gasteiger partial charge is 0.343 e. The highest BCUT2D eigenvalue weighted by Gasteiger charge is 2.22. The van der Waals surface area contributed by atoms with Gasteiger partial charge in [0.1, 0.15) is 6.54 Å². The van der Waals surface area contributed by atoms with Crippen LogP contribution in [0.3, 0.4) is 0 Å². The number of aryl methyl sites for hydroxylation is 1. The molecule has 4 nitrogen and oxygen atoms in total. The highest BCUT2D eigenvalue weighted by atomic mass is 16.1. The van der Waals surface area contributed by atoms with Crippen molar-refractivity contribution in [1.29, 1.82) is 0 Å². The zero-order chi connectivity index (χ0) is 18.5. The third-order valence-corrected chi connectivity index (χ3v) is 4.85. The third-order valence-electron chi connectivity index (χ3n) is 4.85. The van der Waals surface area contributed by atoms with Gasteiger partial charge in [0.25, 0.3) is 0 Å². The van der Waals surface area contributed by atoms with Gasteiger partial charge in [0.05, 0.1) is 38.4 Å². The minimum Gasteiger partial charge on any atom is -0.343 e. The van der Waals surface area contributed by atoms with E-state index in [1.165, 1.54) is 4.90 Å². The van der Waals surface area contributed by atoms with Crippen LogP contribution in [-0.4, -0.2) is 44.1 Å². The van der Waals surface area contributed by atoms with E-state index in [0.717, 1.165) is 47.2 Å². The van der Waals surface area contributed by atoms with Crippen LogP contribution in [0.4, 0.5) is 0 Å². The molecule has 1 heterocycles. The molecule has 0 spiro atoms. The first-order valence-corrected chi connectivity index (χ1v) is 9.36. The Labute approximate surface area is 155 Å². The highest BCUT2D eigenvalue weighted by molar-refractivity contribution is 6.14. The molecule has 0 amide bonds. The summed E-state index contributed by atoms with van der Waals surface area (Å²) in [5, 5.41) is 3.19. The van der Waals surface area contributed by atoms with Gasteiger partial charge in [0, 0.05) is 24.4 Å². The van der Waals surface area contributed by atoms with E-state index in [-0.39, 0.29) is 5.78 Å². The summed E-state index contributed by atoms with van der Waals surface area (Å²) in [6.45, 7) is 2.62. The molecule has 0 atom stereocenters. The average molecular weight is 351 g/mol. The smallest absolute Gasteiger partial charge is 0.219 e. The normalized spacial score (nSPS) is 11.4. The SMILES string of the molecule is Cn1c(-c2ccccc2)c(C(=O)C[NH2+]CCC[NH+](C)C)c2ccccc21. The first-order valence-electron chi connectivity index (χ1n) is 9.36. The molecule has 1 aromatic heterocycles. The summed E-state index contributed by atoms with van der Waals surface area (Å²) in [5.74, 6) is 0.206. The zero-order valence-electron chi connectivity index (χ0n) is 16.0. The minimum atomic E-state index is 0.206. The molecular formula is C22H29N3O+2. The number of aromatic nitrogens is 1. The number of hydrogen-bond donors (Lipinski definition) is 2. The van der Waals surface area contributed by atoms with Gasteiger partial charge in [0.2, 0.25) is 5.78 Å². The van der Waals surface area contributed by atoms with E-state index in [1.54, 1.807) is 0 Å². The van der Waals surface area contributed by atoms with Crippen LogP contribution in [-0.2, 0) is 7.05 Å². The van der Waals surface area contributed by atoms with Crippen molar-refractivity contribution in [3.8, 4) is 11.3 Å². The Kier molecular flexibility index (Phi) is 5.86. The molecule has 4 heteroatoms. The number of fused-ring (bicyclic) bond motifs is 1. The summed E-state index contributed by atoms with van der Waals surface area (Å²) in [7, 11) is 6.37. The number of benzene rings is 2. The number of nitrogens with one attached hydrogen (secondary N) is 1. The second-order valence-electron chi connectivity index (χ2n) is 7.18. The van der Waals surface area contributed by atoms with E-state index in [9.17, 15) is 4.79 Å². The molecule has 0 radical (unpaired) electrons. The first-order chi connectivity index (χ1) is 12.6. The number of nitrogens with zero attached hydrogens (tertiary/aromatic N) is 1. The number of quaternary nitrogens is 2. The Morgan fingerprint density at radius 2 is 1.73 bits per heavy atom. The van der Waals surface area contributed by atoms with Gasteiger partial charge in [-0.15, -0.1) is 0 Å². The van der Waals surface area contributed by atoms with E-state index in [1.807, 2.05) is 37.4 Å². The molecule has 0 saturated heterocycles. The maximum atomic E-state index is 13.1. The van der Waals surface area contributed by atoms with Crippen LogP contribution in [0.5, 0.6) is 0 Å². The summed E-state index contributed by atoms with van der Waals surface area (Å²) in [5.41, 5.74) is 4.06. The fourth-order valence-electron chi connectivity index (χ4n) is 3.54. The van der Waals surface area contributed by atoms with Crippen molar-refractivity contribution in [2.24, 2.45) is 7.05 Å². The molecule has 0 unspecified atom stereocenters. The van der Waals surface area contributed by atoms with Crippen molar-refractivity contribution in [2.75, 3.05) is 33.7 Å². The Morgan fingerprint density at radius 1 is 1.04 bits per heavy atom. The van der Waals surface area contributed by atoms with Crippen molar-refractivity contribution in [1.82, 2.24) is 4.57 Å². The molecule has 3 N–H and O–H groups in total. The second kappa shape index (κ2) is 8.30. The zero-order valence-corrected chi connectivity index (χ0v) is 16.0. The van der Waals surface area contributed by atoms with Crippen molar-refractivity contribution >= 4 is 16.7 Å². The van der Waals surface area contributed by atoms with Crippen molar-refractivity contribution in [3.05, 3.63) is 60.2 Å². The second-order valence-corrected chi connectivity index (χ2v) is 7.18. The van der Waals surface area contributed by atoms with Gasteiger partial charge in [-0.05, 0) is 11.6 Å². The van der Waals surface area contributed by atoms with E-state index in [2.05, 4.69) is 48.2 Å². The highest BCUT2D eigenvalue weighted by Crippen LogP contribution is 2.33. The van der Waals surface area contributed by atoms with Crippen LogP contribution < -0.4 is 10.2 Å². The summed E-state index contributed by atoms with van der Waals surface area (Å²) < 4.78 is 2.15. The molecule has 0 saturated carbocycles. The van der Waals surface area contributed by atoms with Crippen molar-refractivity contribution in [3.63, 3.8) is 0 Å². The van der Waals surface area contributed by atoms with Crippen LogP contribution >= 0.6 is 0 Å². The topological polar surface area (TPSA) is 43.0 Å². The Balaban J connectivity index is 1.90. The maximum Gasteiger partial charge on any atom is 0.219 e. The van der Waals surface area contributed by atoms with Gasteiger partial charge < -0.3 is 14.8 Å².